The topological polar surface area (TPSA) is 58.0 Å². The van der Waals surface area contributed by atoms with Crippen LogP contribution in [0.25, 0.3) is 11.3 Å². The summed E-state index contributed by atoms with van der Waals surface area (Å²) in [7, 11) is 0. The van der Waals surface area contributed by atoms with Crippen LogP contribution in [0.3, 0.4) is 0 Å². The van der Waals surface area contributed by atoms with Crippen molar-refractivity contribution in [1.82, 2.24) is 20.2 Å². The highest BCUT2D eigenvalue weighted by Crippen LogP contribution is 2.30. The first-order chi connectivity index (χ1) is 12.3. The maximum absolute atomic E-state index is 6.12. The number of nitrogens with zero attached hydrogens (tertiary/aromatic N) is 6. The van der Waals surface area contributed by atoms with Crippen molar-refractivity contribution in [1.29, 1.82) is 0 Å². The maximum atomic E-state index is 6.12. The molecule has 3 heterocycles. The average molecular weight is 353 g/mol. The van der Waals surface area contributed by atoms with Crippen LogP contribution in [0.1, 0.15) is 0 Å². The zero-order valence-corrected chi connectivity index (χ0v) is 14.3. The molecule has 4 rings (SSSR count). The van der Waals surface area contributed by atoms with Gasteiger partial charge in [-0.25, -0.2) is 9.97 Å². The van der Waals surface area contributed by atoms with Crippen LogP contribution in [-0.4, -0.2) is 46.3 Å². The highest BCUT2D eigenvalue weighted by molar-refractivity contribution is 6.29. The van der Waals surface area contributed by atoms with E-state index in [-0.39, 0.29) is 0 Å². The van der Waals surface area contributed by atoms with Gasteiger partial charge in [-0.05, 0) is 6.07 Å². The first kappa shape index (κ1) is 15.8. The first-order valence-corrected chi connectivity index (χ1v) is 8.54. The summed E-state index contributed by atoms with van der Waals surface area (Å²) in [5.41, 5.74) is 2.91. The Morgan fingerprint density at radius 2 is 1.48 bits per heavy atom. The van der Waals surface area contributed by atoms with Crippen molar-refractivity contribution >= 4 is 23.2 Å². The molecule has 0 saturated carbocycles. The fourth-order valence-electron chi connectivity index (χ4n) is 3.00. The molecule has 1 aliphatic rings. The second-order valence-corrected chi connectivity index (χ2v) is 6.18. The molecule has 1 fully saturated rings. The molecular formula is C18H17ClN6. The summed E-state index contributed by atoms with van der Waals surface area (Å²) in [6.07, 6.45) is 3.55. The summed E-state index contributed by atoms with van der Waals surface area (Å²) in [5.74, 6) is 0.774. The van der Waals surface area contributed by atoms with Crippen LogP contribution < -0.4 is 9.80 Å². The second kappa shape index (κ2) is 7.03. The Hall–Kier alpha value is -2.73. The standard InChI is InChI=1S/C18H17ClN6/c19-16-13-15(17(23-22-16)14-5-2-1-3-6-14)24-9-11-25(12-10-24)18-20-7-4-8-21-18/h1-8,13H,9-12H2. The number of hydrogen-bond acceptors (Lipinski definition) is 6. The monoisotopic (exact) mass is 352 g/mol. The van der Waals surface area contributed by atoms with Crippen LogP contribution in [0.2, 0.25) is 5.15 Å². The molecule has 0 N–H and O–H groups in total. The molecule has 0 spiro atoms. The minimum atomic E-state index is 0.406. The number of benzene rings is 1. The number of anilines is 2. The van der Waals surface area contributed by atoms with E-state index in [1.165, 1.54) is 0 Å². The SMILES string of the molecule is Clc1cc(N2CCN(c3ncccn3)CC2)c(-c2ccccc2)nn1. The van der Waals surface area contributed by atoms with E-state index in [1.807, 2.05) is 42.5 Å². The molecule has 126 valence electrons. The van der Waals surface area contributed by atoms with Gasteiger partial charge in [0.1, 0.15) is 5.69 Å². The van der Waals surface area contributed by atoms with E-state index in [4.69, 9.17) is 11.6 Å². The second-order valence-electron chi connectivity index (χ2n) is 5.79. The van der Waals surface area contributed by atoms with Crippen molar-refractivity contribution in [3.05, 3.63) is 60.0 Å². The highest BCUT2D eigenvalue weighted by atomic mass is 35.5. The van der Waals surface area contributed by atoms with Crippen LogP contribution >= 0.6 is 11.6 Å². The lowest BCUT2D eigenvalue weighted by atomic mass is 10.1. The summed E-state index contributed by atoms with van der Waals surface area (Å²) in [4.78, 5) is 13.1. The third kappa shape index (κ3) is 3.39. The predicted octanol–water partition coefficient (Wildman–Crippen LogP) is 2.91. The molecule has 0 bridgehead atoms. The molecule has 3 aromatic rings. The van der Waals surface area contributed by atoms with E-state index in [0.29, 0.717) is 5.15 Å². The normalized spacial score (nSPS) is 14.6. The van der Waals surface area contributed by atoms with E-state index in [2.05, 4.69) is 30.0 Å². The number of piperazine rings is 1. The van der Waals surface area contributed by atoms with Crippen LogP contribution in [0, 0.1) is 0 Å². The smallest absolute Gasteiger partial charge is 0.225 e. The maximum Gasteiger partial charge on any atom is 0.225 e. The van der Waals surface area contributed by atoms with Crippen LogP contribution in [0.15, 0.2) is 54.9 Å². The third-order valence-corrected chi connectivity index (χ3v) is 4.43. The van der Waals surface area contributed by atoms with Crippen LogP contribution in [0.5, 0.6) is 0 Å². The Bertz CT molecular complexity index is 835. The lowest BCUT2D eigenvalue weighted by molar-refractivity contribution is 0.639. The molecule has 25 heavy (non-hydrogen) atoms. The van der Waals surface area contributed by atoms with Gasteiger partial charge in [-0.3, -0.25) is 0 Å². The Labute approximate surface area is 151 Å². The van der Waals surface area contributed by atoms with Gasteiger partial charge in [-0.15, -0.1) is 10.2 Å². The van der Waals surface area contributed by atoms with Gasteiger partial charge in [0.05, 0.1) is 5.69 Å². The Morgan fingerprint density at radius 3 is 2.20 bits per heavy atom. The zero-order valence-electron chi connectivity index (χ0n) is 13.6. The Balaban J connectivity index is 1.58. The fraction of sp³-hybridized carbons (Fsp3) is 0.222. The molecule has 1 aromatic carbocycles. The van der Waals surface area contributed by atoms with E-state index >= 15 is 0 Å². The van der Waals surface area contributed by atoms with Gasteiger partial charge in [0.2, 0.25) is 5.95 Å². The van der Waals surface area contributed by atoms with Crippen LogP contribution in [0.4, 0.5) is 11.6 Å². The van der Waals surface area contributed by atoms with Crippen molar-refractivity contribution in [3.8, 4) is 11.3 Å². The van der Waals surface area contributed by atoms with Gasteiger partial charge in [0.25, 0.3) is 0 Å². The summed E-state index contributed by atoms with van der Waals surface area (Å²) in [6, 6.07) is 13.8. The molecule has 1 aliphatic heterocycles. The predicted molar refractivity (Wildman–Crippen MR) is 98.9 cm³/mol. The van der Waals surface area contributed by atoms with Crippen molar-refractivity contribution in [2.45, 2.75) is 0 Å². The number of hydrogen-bond donors (Lipinski definition) is 0. The number of aromatic nitrogens is 4. The minimum absolute atomic E-state index is 0.406. The third-order valence-electron chi connectivity index (χ3n) is 4.25. The quantitative estimate of drug-likeness (QED) is 0.722. The summed E-state index contributed by atoms with van der Waals surface area (Å²) in [5, 5.41) is 8.78. The summed E-state index contributed by atoms with van der Waals surface area (Å²) < 4.78 is 0. The molecule has 0 aliphatic carbocycles. The van der Waals surface area contributed by atoms with Gasteiger partial charge < -0.3 is 9.80 Å². The lowest BCUT2D eigenvalue weighted by Gasteiger charge is -2.36. The van der Waals surface area contributed by atoms with Crippen molar-refractivity contribution in [2.75, 3.05) is 36.0 Å². The van der Waals surface area contributed by atoms with Crippen molar-refractivity contribution in [3.63, 3.8) is 0 Å². The van der Waals surface area contributed by atoms with E-state index in [9.17, 15) is 0 Å². The fourth-order valence-corrected chi connectivity index (χ4v) is 3.14. The molecule has 6 nitrogen and oxygen atoms in total. The van der Waals surface area contributed by atoms with E-state index in [1.54, 1.807) is 12.4 Å². The van der Waals surface area contributed by atoms with Gasteiger partial charge in [0.15, 0.2) is 5.15 Å². The molecule has 0 radical (unpaired) electrons. The molecule has 2 aromatic heterocycles. The van der Waals surface area contributed by atoms with Crippen molar-refractivity contribution in [2.24, 2.45) is 0 Å². The highest BCUT2D eigenvalue weighted by Gasteiger charge is 2.22. The van der Waals surface area contributed by atoms with Gasteiger partial charge in [-0.1, -0.05) is 41.9 Å². The van der Waals surface area contributed by atoms with E-state index in [0.717, 1.165) is 49.1 Å². The summed E-state index contributed by atoms with van der Waals surface area (Å²) >= 11 is 6.12. The zero-order chi connectivity index (χ0) is 17.1. The first-order valence-electron chi connectivity index (χ1n) is 8.17. The molecule has 0 amide bonds. The minimum Gasteiger partial charge on any atom is -0.366 e. The van der Waals surface area contributed by atoms with E-state index < -0.39 is 0 Å². The lowest BCUT2D eigenvalue weighted by Crippen LogP contribution is -2.47. The molecule has 7 heteroatoms. The Morgan fingerprint density at radius 1 is 0.800 bits per heavy atom. The van der Waals surface area contributed by atoms with Gasteiger partial charge in [-0.2, -0.15) is 0 Å². The Kier molecular flexibility index (Phi) is 4.43. The van der Waals surface area contributed by atoms with Crippen LogP contribution in [-0.2, 0) is 0 Å². The van der Waals surface area contributed by atoms with Gasteiger partial charge in [0, 0.05) is 50.2 Å². The molecular weight excluding hydrogens is 336 g/mol. The number of halogens is 1. The summed E-state index contributed by atoms with van der Waals surface area (Å²) in [6.45, 7) is 3.39. The number of rotatable bonds is 3. The average Bonchev–Trinajstić information content (AvgIpc) is 2.69. The molecule has 0 atom stereocenters. The molecule has 0 unspecified atom stereocenters. The largest absolute Gasteiger partial charge is 0.366 e. The van der Waals surface area contributed by atoms with Gasteiger partial charge >= 0.3 is 0 Å². The van der Waals surface area contributed by atoms with Crippen molar-refractivity contribution < 1.29 is 0 Å². The molecule has 1 saturated heterocycles.